The zero-order valence-electron chi connectivity index (χ0n) is 11.3. The van der Waals surface area contributed by atoms with Gasteiger partial charge in [-0.1, -0.05) is 20.3 Å². The standard InChI is InChI=1S/C12H21NO5S/c1-3-4-9(2)12(16)13(7-11(14)15)10-5-6-19(17,18)8-10/h9-10H,3-8H2,1-2H3,(H,14,15). The Labute approximate surface area is 113 Å². The second kappa shape index (κ2) is 6.36. The van der Waals surface area contributed by atoms with E-state index in [1.807, 2.05) is 6.92 Å². The van der Waals surface area contributed by atoms with Crippen LogP contribution in [0.4, 0.5) is 0 Å². The molecule has 1 N–H and O–H groups in total. The fraction of sp³-hybridized carbons (Fsp3) is 0.833. The van der Waals surface area contributed by atoms with Gasteiger partial charge in [0, 0.05) is 12.0 Å². The number of carboxylic acids is 1. The van der Waals surface area contributed by atoms with Crippen molar-refractivity contribution in [3.63, 3.8) is 0 Å². The molecule has 0 aromatic carbocycles. The van der Waals surface area contributed by atoms with E-state index in [-0.39, 0.29) is 23.3 Å². The molecule has 2 atom stereocenters. The maximum absolute atomic E-state index is 12.2. The third-order valence-electron chi connectivity index (χ3n) is 3.38. The van der Waals surface area contributed by atoms with Crippen LogP contribution < -0.4 is 0 Å². The first-order valence-corrected chi connectivity index (χ1v) is 8.31. The van der Waals surface area contributed by atoms with Gasteiger partial charge >= 0.3 is 5.97 Å². The average molecular weight is 291 g/mol. The fourth-order valence-electron chi connectivity index (χ4n) is 2.39. The van der Waals surface area contributed by atoms with Crippen molar-refractivity contribution < 1.29 is 23.1 Å². The largest absolute Gasteiger partial charge is 0.480 e. The Balaban J connectivity index is 2.83. The Morgan fingerprint density at radius 3 is 2.47 bits per heavy atom. The van der Waals surface area contributed by atoms with E-state index in [0.717, 1.165) is 6.42 Å². The Bertz CT molecular complexity index is 445. The zero-order chi connectivity index (χ0) is 14.6. The van der Waals surface area contributed by atoms with Gasteiger partial charge in [0.25, 0.3) is 0 Å². The topological polar surface area (TPSA) is 91.8 Å². The van der Waals surface area contributed by atoms with Crippen LogP contribution in [0.5, 0.6) is 0 Å². The molecule has 2 unspecified atom stereocenters. The highest BCUT2D eigenvalue weighted by atomic mass is 32.2. The number of sulfone groups is 1. The maximum Gasteiger partial charge on any atom is 0.323 e. The lowest BCUT2D eigenvalue weighted by Crippen LogP contribution is -2.46. The minimum absolute atomic E-state index is 0.0310. The molecule has 1 heterocycles. The molecule has 7 heteroatoms. The minimum atomic E-state index is -3.13. The molecule has 1 fully saturated rings. The summed E-state index contributed by atoms with van der Waals surface area (Å²) in [7, 11) is -3.13. The van der Waals surface area contributed by atoms with Gasteiger partial charge in [0.15, 0.2) is 9.84 Å². The van der Waals surface area contributed by atoms with E-state index in [4.69, 9.17) is 5.11 Å². The molecule has 0 radical (unpaired) electrons. The van der Waals surface area contributed by atoms with E-state index in [0.29, 0.717) is 12.8 Å². The van der Waals surface area contributed by atoms with E-state index in [1.165, 1.54) is 4.90 Å². The number of hydrogen-bond acceptors (Lipinski definition) is 4. The molecular weight excluding hydrogens is 270 g/mol. The molecule has 0 aromatic heterocycles. The number of nitrogens with zero attached hydrogens (tertiary/aromatic N) is 1. The highest BCUT2D eigenvalue weighted by Crippen LogP contribution is 2.21. The third-order valence-corrected chi connectivity index (χ3v) is 5.13. The van der Waals surface area contributed by atoms with Gasteiger partial charge in [0.1, 0.15) is 6.54 Å². The summed E-state index contributed by atoms with van der Waals surface area (Å²) in [4.78, 5) is 24.3. The Kier molecular flexibility index (Phi) is 5.34. The minimum Gasteiger partial charge on any atom is -0.480 e. The highest BCUT2D eigenvalue weighted by Gasteiger charge is 2.36. The second-order valence-electron chi connectivity index (χ2n) is 5.11. The predicted molar refractivity (Wildman–Crippen MR) is 70.5 cm³/mol. The van der Waals surface area contributed by atoms with Crippen molar-refractivity contribution in [2.24, 2.45) is 5.92 Å². The number of carbonyl (C=O) groups excluding carboxylic acids is 1. The second-order valence-corrected chi connectivity index (χ2v) is 7.34. The number of carboxylic acid groups (broad SMARTS) is 1. The van der Waals surface area contributed by atoms with Crippen LogP contribution in [0.2, 0.25) is 0 Å². The van der Waals surface area contributed by atoms with E-state index in [1.54, 1.807) is 6.92 Å². The van der Waals surface area contributed by atoms with Crippen LogP contribution in [0.3, 0.4) is 0 Å². The molecule has 0 bridgehead atoms. The molecule has 1 saturated heterocycles. The number of carbonyl (C=O) groups is 2. The quantitative estimate of drug-likeness (QED) is 0.770. The lowest BCUT2D eigenvalue weighted by atomic mass is 10.0. The summed E-state index contributed by atoms with van der Waals surface area (Å²) in [5, 5.41) is 8.89. The molecule has 110 valence electrons. The van der Waals surface area contributed by atoms with Gasteiger partial charge in [0.05, 0.1) is 11.5 Å². The van der Waals surface area contributed by atoms with Crippen molar-refractivity contribution >= 4 is 21.7 Å². The molecule has 0 aromatic rings. The fourth-order valence-corrected chi connectivity index (χ4v) is 4.12. The SMILES string of the molecule is CCCC(C)C(=O)N(CC(=O)O)C1CCS(=O)(=O)C1. The van der Waals surface area contributed by atoms with Gasteiger partial charge in [-0.2, -0.15) is 0 Å². The molecule has 1 aliphatic heterocycles. The summed E-state index contributed by atoms with van der Waals surface area (Å²) >= 11 is 0. The van der Waals surface area contributed by atoms with Crippen LogP contribution in [0.25, 0.3) is 0 Å². The van der Waals surface area contributed by atoms with Crippen molar-refractivity contribution in [1.82, 2.24) is 4.90 Å². The number of aliphatic carboxylic acids is 1. The van der Waals surface area contributed by atoms with Crippen molar-refractivity contribution in [2.45, 2.75) is 39.2 Å². The molecule has 0 saturated carbocycles. The normalized spacial score (nSPS) is 22.9. The Morgan fingerprint density at radius 1 is 1.42 bits per heavy atom. The smallest absolute Gasteiger partial charge is 0.323 e. The van der Waals surface area contributed by atoms with Crippen LogP contribution in [0.15, 0.2) is 0 Å². The van der Waals surface area contributed by atoms with Gasteiger partial charge in [-0.25, -0.2) is 8.42 Å². The van der Waals surface area contributed by atoms with Gasteiger partial charge < -0.3 is 10.0 Å². The number of rotatable bonds is 6. The van der Waals surface area contributed by atoms with E-state index in [9.17, 15) is 18.0 Å². The van der Waals surface area contributed by atoms with Gasteiger partial charge in [-0.3, -0.25) is 9.59 Å². The summed E-state index contributed by atoms with van der Waals surface area (Å²) in [5.41, 5.74) is 0. The Hall–Kier alpha value is -1.11. The number of amides is 1. The van der Waals surface area contributed by atoms with Crippen molar-refractivity contribution in [1.29, 1.82) is 0 Å². The number of hydrogen-bond donors (Lipinski definition) is 1. The Morgan fingerprint density at radius 2 is 2.05 bits per heavy atom. The monoisotopic (exact) mass is 291 g/mol. The third kappa shape index (κ3) is 4.49. The van der Waals surface area contributed by atoms with E-state index >= 15 is 0 Å². The molecule has 1 rings (SSSR count). The van der Waals surface area contributed by atoms with Gasteiger partial charge in [0.2, 0.25) is 5.91 Å². The summed E-state index contributed by atoms with van der Waals surface area (Å²) < 4.78 is 22.9. The molecule has 1 amide bonds. The van der Waals surface area contributed by atoms with Gasteiger partial charge in [-0.15, -0.1) is 0 Å². The lowest BCUT2D eigenvalue weighted by molar-refractivity contribution is -0.147. The zero-order valence-corrected chi connectivity index (χ0v) is 12.1. The summed E-state index contributed by atoms with van der Waals surface area (Å²) in [6, 6.07) is -0.493. The van der Waals surface area contributed by atoms with Crippen LogP contribution in [-0.2, 0) is 19.4 Å². The van der Waals surface area contributed by atoms with E-state index in [2.05, 4.69) is 0 Å². The molecular formula is C12H21NO5S. The molecule has 0 aliphatic carbocycles. The molecule has 1 aliphatic rings. The van der Waals surface area contributed by atoms with Crippen LogP contribution in [-0.4, -0.2) is 54.4 Å². The van der Waals surface area contributed by atoms with Crippen LogP contribution in [0.1, 0.15) is 33.1 Å². The first-order chi connectivity index (χ1) is 8.76. The summed E-state index contributed by atoms with van der Waals surface area (Å²) in [5.74, 6) is -1.73. The van der Waals surface area contributed by atoms with Crippen molar-refractivity contribution in [2.75, 3.05) is 18.1 Å². The van der Waals surface area contributed by atoms with E-state index < -0.39 is 28.4 Å². The average Bonchev–Trinajstić information content (AvgIpc) is 2.65. The van der Waals surface area contributed by atoms with Crippen molar-refractivity contribution in [3.8, 4) is 0 Å². The summed E-state index contributed by atoms with van der Waals surface area (Å²) in [6.45, 7) is 3.28. The van der Waals surface area contributed by atoms with Gasteiger partial charge in [-0.05, 0) is 12.8 Å². The predicted octanol–water partition coefficient (Wildman–Crippen LogP) is 0.523. The van der Waals surface area contributed by atoms with Crippen LogP contribution in [0, 0.1) is 5.92 Å². The lowest BCUT2D eigenvalue weighted by Gasteiger charge is -2.29. The molecule has 0 spiro atoms. The first-order valence-electron chi connectivity index (χ1n) is 6.49. The maximum atomic E-state index is 12.2. The van der Waals surface area contributed by atoms with Crippen molar-refractivity contribution in [3.05, 3.63) is 0 Å². The molecule has 6 nitrogen and oxygen atoms in total. The summed E-state index contributed by atoms with van der Waals surface area (Å²) in [6.07, 6.45) is 1.84. The van der Waals surface area contributed by atoms with Crippen LogP contribution >= 0.6 is 0 Å². The molecule has 19 heavy (non-hydrogen) atoms. The first kappa shape index (κ1) is 15.9. The highest BCUT2D eigenvalue weighted by molar-refractivity contribution is 7.91.